The zero-order chi connectivity index (χ0) is 18.8. The van der Waals surface area contributed by atoms with Gasteiger partial charge in [-0.15, -0.1) is 0 Å². The van der Waals surface area contributed by atoms with Gasteiger partial charge in [-0.2, -0.15) is 0 Å². The molecule has 0 unspecified atom stereocenters. The van der Waals surface area contributed by atoms with Crippen molar-refractivity contribution in [3.05, 3.63) is 107 Å². The van der Waals surface area contributed by atoms with Gasteiger partial charge >= 0.3 is 0 Å². The molecule has 2 nitrogen and oxygen atoms in total. The second kappa shape index (κ2) is 7.32. The molecule has 1 atom stereocenters. The molecule has 0 saturated carbocycles. The fourth-order valence-corrected chi connectivity index (χ4v) is 4.21. The molecule has 0 bridgehead atoms. The summed E-state index contributed by atoms with van der Waals surface area (Å²) in [6.07, 6.45) is 1.00. The maximum Gasteiger partial charge on any atom is 0.193 e. The van der Waals surface area contributed by atoms with Gasteiger partial charge in [0, 0.05) is 35.8 Å². The molecule has 2 heteroatoms. The van der Waals surface area contributed by atoms with Crippen molar-refractivity contribution in [3.8, 4) is 0 Å². The molecular formula is C25H22O2. The van der Waals surface area contributed by atoms with E-state index in [1.807, 2.05) is 73.7 Å². The van der Waals surface area contributed by atoms with Crippen LogP contribution in [0.25, 0.3) is 0 Å². The van der Waals surface area contributed by atoms with Crippen LogP contribution in [0.1, 0.15) is 64.2 Å². The summed E-state index contributed by atoms with van der Waals surface area (Å²) in [6, 6.07) is 25.9. The fourth-order valence-electron chi connectivity index (χ4n) is 4.21. The molecule has 0 heterocycles. The van der Waals surface area contributed by atoms with Crippen LogP contribution in [0.4, 0.5) is 0 Å². The van der Waals surface area contributed by atoms with Crippen LogP contribution in [0.5, 0.6) is 0 Å². The highest BCUT2D eigenvalue weighted by Gasteiger charge is 2.36. The number of ketones is 2. The van der Waals surface area contributed by atoms with Crippen LogP contribution in [0.2, 0.25) is 0 Å². The maximum atomic E-state index is 13.0. The monoisotopic (exact) mass is 354 g/mol. The lowest BCUT2D eigenvalue weighted by Crippen LogP contribution is -2.25. The van der Waals surface area contributed by atoms with Crippen molar-refractivity contribution in [3.63, 3.8) is 0 Å². The molecule has 0 aliphatic heterocycles. The third-order valence-electron chi connectivity index (χ3n) is 5.55. The van der Waals surface area contributed by atoms with Gasteiger partial charge in [-0.25, -0.2) is 0 Å². The first-order chi connectivity index (χ1) is 13.2. The predicted molar refractivity (Wildman–Crippen MR) is 107 cm³/mol. The minimum Gasteiger partial charge on any atom is -0.300 e. The first-order valence-corrected chi connectivity index (χ1v) is 9.50. The number of hydrogen-bond donors (Lipinski definition) is 0. The Balaban J connectivity index is 1.93. The highest BCUT2D eigenvalue weighted by molar-refractivity contribution is 6.12. The molecule has 0 amide bonds. The Morgan fingerprint density at radius 3 is 1.89 bits per heavy atom. The Bertz CT molecular complexity index is 938. The third-order valence-corrected chi connectivity index (χ3v) is 5.55. The van der Waals surface area contributed by atoms with E-state index in [0.29, 0.717) is 12.8 Å². The molecule has 0 aromatic heterocycles. The summed E-state index contributed by atoms with van der Waals surface area (Å²) in [5.74, 6) is 0.323. The summed E-state index contributed by atoms with van der Waals surface area (Å²) in [7, 11) is 0. The van der Waals surface area contributed by atoms with E-state index in [4.69, 9.17) is 0 Å². The molecule has 0 spiro atoms. The molecule has 3 aromatic rings. The Kier molecular flexibility index (Phi) is 4.72. The highest BCUT2D eigenvalue weighted by atomic mass is 16.1. The van der Waals surface area contributed by atoms with Crippen molar-refractivity contribution in [1.29, 1.82) is 0 Å². The Hall–Kier alpha value is -3.00. The molecule has 134 valence electrons. The Labute approximate surface area is 159 Å². The molecule has 27 heavy (non-hydrogen) atoms. The first-order valence-electron chi connectivity index (χ1n) is 9.50. The second-order valence-corrected chi connectivity index (χ2v) is 7.09. The van der Waals surface area contributed by atoms with Crippen molar-refractivity contribution in [2.24, 2.45) is 0 Å². The predicted octanol–water partition coefficient (Wildman–Crippen LogP) is 5.52. The van der Waals surface area contributed by atoms with E-state index >= 15 is 0 Å². The first kappa shape index (κ1) is 17.4. The lowest BCUT2D eigenvalue weighted by Gasteiger charge is -2.34. The van der Waals surface area contributed by atoms with Crippen LogP contribution >= 0.6 is 0 Å². The molecule has 0 fully saturated rings. The standard InChI is InChI=1S/C25H22O2/c1-2-18(26)16-23(17-10-4-3-5-11-17)24-19-12-6-8-14-21(19)25(27)22-15-9-7-13-20(22)24/h3-15,23-24H,2,16H2,1H3/t23-/m1/s1. The third kappa shape index (κ3) is 3.12. The minimum atomic E-state index is -0.00648. The number of Topliss-reactive ketones (excluding diaryl/α,β-unsaturated/α-hetero) is 1. The molecule has 4 rings (SSSR count). The summed E-state index contributed by atoms with van der Waals surface area (Å²) in [6.45, 7) is 1.91. The molecule has 1 aliphatic rings. The smallest absolute Gasteiger partial charge is 0.193 e. The summed E-state index contributed by atoms with van der Waals surface area (Å²) >= 11 is 0. The SMILES string of the molecule is CCC(=O)C[C@H](c1ccccc1)C1c2ccccc2C(=O)c2ccccc21. The average Bonchev–Trinajstić information content (AvgIpc) is 2.73. The number of hydrogen-bond acceptors (Lipinski definition) is 2. The van der Waals surface area contributed by atoms with Gasteiger partial charge in [-0.3, -0.25) is 9.59 Å². The number of benzene rings is 3. The normalized spacial score (nSPS) is 14.3. The largest absolute Gasteiger partial charge is 0.300 e. The van der Waals surface area contributed by atoms with E-state index in [0.717, 1.165) is 27.8 Å². The lowest BCUT2D eigenvalue weighted by molar-refractivity contribution is -0.119. The number of carbonyl (C=O) groups is 2. The number of carbonyl (C=O) groups excluding carboxylic acids is 2. The Morgan fingerprint density at radius 1 is 0.815 bits per heavy atom. The van der Waals surface area contributed by atoms with Crippen LogP contribution in [0.3, 0.4) is 0 Å². The zero-order valence-electron chi connectivity index (χ0n) is 15.4. The van der Waals surface area contributed by atoms with E-state index in [2.05, 4.69) is 12.1 Å². The van der Waals surface area contributed by atoms with Gasteiger partial charge in [0.2, 0.25) is 0 Å². The van der Waals surface area contributed by atoms with Gasteiger partial charge in [0.25, 0.3) is 0 Å². The molecule has 3 aromatic carbocycles. The maximum absolute atomic E-state index is 13.0. The summed E-state index contributed by atoms with van der Waals surface area (Å²) in [5.41, 5.74) is 4.71. The van der Waals surface area contributed by atoms with Crippen molar-refractivity contribution in [2.75, 3.05) is 0 Å². The molecular weight excluding hydrogens is 332 g/mol. The van der Waals surface area contributed by atoms with E-state index in [9.17, 15) is 9.59 Å². The van der Waals surface area contributed by atoms with Gasteiger partial charge in [0.15, 0.2) is 5.78 Å². The van der Waals surface area contributed by atoms with E-state index in [1.54, 1.807) is 0 Å². The van der Waals surface area contributed by atoms with E-state index in [1.165, 1.54) is 0 Å². The van der Waals surface area contributed by atoms with E-state index < -0.39 is 0 Å². The van der Waals surface area contributed by atoms with Crippen molar-refractivity contribution >= 4 is 11.6 Å². The second-order valence-electron chi connectivity index (χ2n) is 7.09. The van der Waals surface area contributed by atoms with Crippen molar-refractivity contribution < 1.29 is 9.59 Å². The lowest BCUT2D eigenvalue weighted by atomic mass is 9.68. The molecule has 0 radical (unpaired) electrons. The van der Waals surface area contributed by atoms with Gasteiger partial charge in [0.1, 0.15) is 5.78 Å². The summed E-state index contributed by atoms with van der Waals surface area (Å²) in [5, 5.41) is 0. The van der Waals surface area contributed by atoms with Crippen LogP contribution in [-0.4, -0.2) is 11.6 Å². The minimum absolute atomic E-state index is 0.00648. The van der Waals surface area contributed by atoms with Crippen molar-refractivity contribution in [2.45, 2.75) is 31.6 Å². The molecule has 1 aliphatic carbocycles. The zero-order valence-corrected chi connectivity index (χ0v) is 15.4. The number of rotatable bonds is 5. The van der Waals surface area contributed by atoms with Crippen LogP contribution in [-0.2, 0) is 4.79 Å². The van der Waals surface area contributed by atoms with Crippen LogP contribution in [0.15, 0.2) is 78.9 Å². The highest BCUT2D eigenvalue weighted by Crippen LogP contribution is 2.46. The average molecular weight is 354 g/mol. The van der Waals surface area contributed by atoms with Gasteiger partial charge in [0.05, 0.1) is 0 Å². The number of fused-ring (bicyclic) bond motifs is 2. The van der Waals surface area contributed by atoms with Crippen LogP contribution < -0.4 is 0 Å². The fraction of sp³-hybridized carbons (Fsp3) is 0.200. The van der Waals surface area contributed by atoms with Gasteiger partial charge < -0.3 is 0 Å². The topological polar surface area (TPSA) is 34.1 Å². The van der Waals surface area contributed by atoms with E-state index in [-0.39, 0.29) is 23.4 Å². The Morgan fingerprint density at radius 2 is 1.33 bits per heavy atom. The molecule has 0 N–H and O–H groups in total. The summed E-state index contributed by atoms with van der Waals surface area (Å²) in [4.78, 5) is 25.5. The van der Waals surface area contributed by atoms with Crippen LogP contribution in [0, 0.1) is 0 Å². The molecule has 0 saturated heterocycles. The summed E-state index contributed by atoms with van der Waals surface area (Å²) < 4.78 is 0. The quantitative estimate of drug-likeness (QED) is 0.605. The van der Waals surface area contributed by atoms with Gasteiger partial charge in [-0.05, 0) is 16.7 Å². The van der Waals surface area contributed by atoms with Crippen molar-refractivity contribution in [1.82, 2.24) is 0 Å². The van der Waals surface area contributed by atoms with Gasteiger partial charge in [-0.1, -0.05) is 85.8 Å².